The highest BCUT2D eigenvalue weighted by atomic mass is 32.1. The Bertz CT molecular complexity index is 692. The number of nitrogens with zero attached hydrogens (tertiary/aromatic N) is 1. The molecule has 0 aliphatic carbocycles. The van der Waals surface area contributed by atoms with Crippen molar-refractivity contribution in [1.29, 1.82) is 0 Å². The molecule has 0 unspecified atom stereocenters. The van der Waals surface area contributed by atoms with Crippen molar-refractivity contribution in [1.82, 2.24) is 10.3 Å². The Hall–Kier alpha value is -2.47. The summed E-state index contributed by atoms with van der Waals surface area (Å²) in [6.45, 7) is 2.19. The maximum atomic E-state index is 12.0. The highest BCUT2D eigenvalue weighted by molar-refractivity contribution is 7.12. The predicted octanol–water partition coefficient (Wildman–Crippen LogP) is 2.48. The van der Waals surface area contributed by atoms with Gasteiger partial charge in [0.1, 0.15) is 0 Å². The molecule has 2 N–H and O–H groups in total. The maximum absolute atomic E-state index is 12.0. The van der Waals surface area contributed by atoms with E-state index in [9.17, 15) is 9.59 Å². The molecule has 0 saturated heterocycles. The van der Waals surface area contributed by atoms with Gasteiger partial charge in [0.2, 0.25) is 0 Å². The van der Waals surface area contributed by atoms with Gasteiger partial charge in [-0.15, -0.1) is 11.3 Å². The second-order valence-electron chi connectivity index (χ2n) is 4.29. The third-order valence-electron chi connectivity index (χ3n) is 2.75. The van der Waals surface area contributed by atoms with Gasteiger partial charge in [-0.2, -0.15) is 0 Å². The number of carboxylic acid groups (broad SMARTS) is 1. The largest absolute Gasteiger partial charge is 0.478 e. The van der Waals surface area contributed by atoms with Crippen LogP contribution in [0.4, 0.5) is 0 Å². The molecule has 5 nitrogen and oxygen atoms in total. The minimum absolute atomic E-state index is 0.170. The van der Waals surface area contributed by atoms with Gasteiger partial charge in [-0.05, 0) is 37.3 Å². The Labute approximate surface area is 126 Å². The molecule has 0 aliphatic heterocycles. The summed E-state index contributed by atoms with van der Waals surface area (Å²) in [7, 11) is 0. The van der Waals surface area contributed by atoms with Gasteiger partial charge in [-0.3, -0.25) is 9.78 Å². The number of amides is 1. The maximum Gasteiger partial charge on any atom is 0.328 e. The van der Waals surface area contributed by atoms with Gasteiger partial charge < -0.3 is 10.4 Å². The highest BCUT2D eigenvalue weighted by Gasteiger charge is 2.09. The van der Waals surface area contributed by atoms with E-state index in [2.05, 4.69) is 10.3 Å². The average Bonchev–Trinajstić information content (AvgIpc) is 2.91. The number of nitrogens with one attached hydrogen (secondary N) is 1. The van der Waals surface area contributed by atoms with Crippen LogP contribution >= 0.6 is 11.3 Å². The molecule has 21 heavy (non-hydrogen) atoms. The molecule has 0 aromatic carbocycles. The van der Waals surface area contributed by atoms with Crippen LogP contribution in [-0.2, 0) is 11.3 Å². The Balaban J connectivity index is 1.96. The van der Waals surface area contributed by atoms with Crippen molar-refractivity contribution in [2.24, 2.45) is 0 Å². The third kappa shape index (κ3) is 4.25. The third-order valence-corrected chi connectivity index (χ3v) is 3.80. The minimum Gasteiger partial charge on any atom is -0.478 e. The number of pyridine rings is 1. The predicted molar refractivity (Wildman–Crippen MR) is 81.1 cm³/mol. The number of hydrogen-bond donors (Lipinski definition) is 2. The zero-order valence-electron chi connectivity index (χ0n) is 11.4. The number of aliphatic carboxylic acids is 1. The normalized spacial score (nSPS) is 10.7. The SMILES string of the molecule is Cc1ncccc1C(=O)NCc1ccc(/C=C/C(=O)O)s1. The summed E-state index contributed by atoms with van der Waals surface area (Å²) < 4.78 is 0. The Morgan fingerprint density at radius 1 is 1.38 bits per heavy atom. The van der Waals surface area contributed by atoms with E-state index in [1.54, 1.807) is 25.3 Å². The summed E-state index contributed by atoms with van der Waals surface area (Å²) in [6, 6.07) is 7.14. The smallest absolute Gasteiger partial charge is 0.328 e. The summed E-state index contributed by atoms with van der Waals surface area (Å²) in [5.41, 5.74) is 1.24. The van der Waals surface area contributed by atoms with Crippen LogP contribution < -0.4 is 5.32 Å². The number of hydrogen-bond acceptors (Lipinski definition) is 4. The average molecular weight is 302 g/mol. The van der Waals surface area contributed by atoms with Crippen LogP contribution in [0, 0.1) is 6.92 Å². The summed E-state index contributed by atoms with van der Waals surface area (Å²) in [5, 5.41) is 11.4. The molecule has 6 heteroatoms. The Kier molecular flexibility index (Phi) is 4.84. The summed E-state index contributed by atoms with van der Waals surface area (Å²) in [4.78, 5) is 28.3. The Morgan fingerprint density at radius 3 is 2.90 bits per heavy atom. The molecule has 0 spiro atoms. The second-order valence-corrected chi connectivity index (χ2v) is 5.49. The van der Waals surface area contributed by atoms with Crippen LogP contribution in [0.2, 0.25) is 0 Å². The second kappa shape index (κ2) is 6.81. The molecule has 2 aromatic rings. The Morgan fingerprint density at radius 2 is 2.19 bits per heavy atom. The van der Waals surface area contributed by atoms with Gasteiger partial charge in [0.15, 0.2) is 0 Å². The van der Waals surface area contributed by atoms with Crippen molar-refractivity contribution in [3.8, 4) is 0 Å². The van der Waals surface area contributed by atoms with Gasteiger partial charge in [0.05, 0.1) is 12.1 Å². The first-order valence-corrected chi connectivity index (χ1v) is 7.07. The van der Waals surface area contributed by atoms with E-state index >= 15 is 0 Å². The van der Waals surface area contributed by atoms with Crippen molar-refractivity contribution < 1.29 is 14.7 Å². The monoisotopic (exact) mass is 302 g/mol. The lowest BCUT2D eigenvalue weighted by molar-refractivity contribution is -0.131. The van der Waals surface area contributed by atoms with Crippen molar-refractivity contribution in [3.63, 3.8) is 0 Å². The molecule has 0 saturated carbocycles. The number of rotatable bonds is 5. The molecule has 1 amide bonds. The van der Waals surface area contributed by atoms with Gasteiger partial charge >= 0.3 is 5.97 Å². The molecular weight excluding hydrogens is 288 g/mol. The van der Waals surface area contributed by atoms with Crippen LogP contribution in [0.15, 0.2) is 36.5 Å². The van der Waals surface area contributed by atoms with Crippen molar-refractivity contribution >= 4 is 29.3 Å². The van der Waals surface area contributed by atoms with Gasteiger partial charge in [-0.25, -0.2) is 4.79 Å². The molecule has 0 radical (unpaired) electrons. The first-order valence-electron chi connectivity index (χ1n) is 6.26. The highest BCUT2D eigenvalue weighted by Crippen LogP contribution is 2.18. The van der Waals surface area contributed by atoms with E-state index in [0.717, 1.165) is 15.8 Å². The fraction of sp³-hybridized carbons (Fsp3) is 0.133. The van der Waals surface area contributed by atoms with Gasteiger partial charge in [-0.1, -0.05) is 0 Å². The van der Waals surface area contributed by atoms with Crippen LogP contribution in [-0.4, -0.2) is 22.0 Å². The summed E-state index contributed by atoms with van der Waals surface area (Å²) >= 11 is 1.44. The van der Waals surface area contributed by atoms with Gasteiger partial charge in [0.25, 0.3) is 5.91 Å². The number of aromatic nitrogens is 1. The van der Waals surface area contributed by atoms with Crippen molar-refractivity contribution in [2.75, 3.05) is 0 Å². The summed E-state index contributed by atoms with van der Waals surface area (Å²) in [5.74, 6) is -1.15. The van der Waals surface area contributed by atoms with E-state index < -0.39 is 5.97 Å². The van der Waals surface area contributed by atoms with E-state index in [4.69, 9.17) is 5.11 Å². The molecule has 2 heterocycles. The van der Waals surface area contributed by atoms with E-state index in [1.807, 2.05) is 12.1 Å². The number of aryl methyl sites for hydroxylation is 1. The first kappa shape index (κ1) is 14.9. The van der Waals surface area contributed by atoms with E-state index in [0.29, 0.717) is 17.8 Å². The summed E-state index contributed by atoms with van der Waals surface area (Å²) in [6.07, 6.45) is 4.27. The van der Waals surface area contributed by atoms with Crippen LogP contribution in [0.5, 0.6) is 0 Å². The lowest BCUT2D eigenvalue weighted by atomic mass is 10.2. The molecule has 2 rings (SSSR count). The standard InChI is InChI=1S/C15H14N2O3S/c1-10-13(3-2-8-16-10)15(20)17-9-12-5-4-11(21-12)6-7-14(18)19/h2-8H,9H2,1H3,(H,17,20)(H,18,19)/b7-6+. The molecular formula is C15H14N2O3S. The first-order chi connectivity index (χ1) is 10.1. The zero-order chi connectivity index (χ0) is 15.2. The topological polar surface area (TPSA) is 79.3 Å². The van der Waals surface area contributed by atoms with Crippen molar-refractivity contribution in [3.05, 3.63) is 57.6 Å². The van der Waals surface area contributed by atoms with Crippen molar-refractivity contribution in [2.45, 2.75) is 13.5 Å². The molecule has 108 valence electrons. The quantitative estimate of drug-likeness (QED) is 0.832. The molecule has 0 atom stereocenters. The lowest BCUT2D eigenvalue weighted by Gasteiger charge is -2.05. The lowest BCUT2D eigenvalue weighted by Crippen LogP contribution is -2.23. The fourth-order valence-electron chi connectivity index (χ4n) is 1.72. The molecule has 0 bridgehead atoms. The van der Waals surface area contributed by atoms with Gasteiger partial charge in [0, 0.05) is 27.7 Å². The number of carbonyl (C=O) groups is 2. The fourth-order valence-corrected chi connectivity index (χ4v) is 2.57. The number of carbonyl (C=O) groups excluding carboxylic acids is 1. The molecule has 0 fully saturated rings. The van der Waals surface area contributed by atoms with Crippen LogP contribution in [0.1, 0.15) is 25.8 Å². The number of carboxylic acids is 1. The molecule has 0 aliphatic rings. The molecule has 2 aromatic heterocycles. The number of thiophene rings is 1. The van der Waals surface area contributed by atoms with Crippen LogP contribution in [0.3, 0.4) is 0 Å². The minimum atomic E-state index is -0.981. The van der Waals surface area contributed by atoms with Crippen LogP contribution in [0.25, 0.3) is 6.08 Å². The van der Waals surface area contributed by atoms with E-state index in [-0.39, 0.29) is 5.91 Å². The zero-order valence-corrected chi connectivity index (χ0v) is 12.2. The van der Waals surface area contributed by atoms with E-state index in [1.165, 1.54) is 17.4 Å².